The molecule has 1 rings (SSSR count). The highest BCUT2D eigenvalue weighted by Gasteiger charge is 2.29. The summed E-state index contributed by atoms with van der Waals surface area (Å²) in [7, 11) is 0. The van der Waals surface area contributed by atoms with Gasteiger partial charge in [-0.1, -0.05) is 26.7 Å². The van der Waals surface area contributed by atoms with Gasteiger partial charge in [0.15, 0.2) is 0 Å². The Kier molecular flexibility index (Phi) is 3.31. The van der Waals surface area contributed by atoms with E-state index in [1.807, 2.05) is 13.8 Å². The van der Waals surface area contributed by atoms with Gasteiger partial charge in [0.05, 0.1) is 0 Å². The molecule has 0 saturated heterocycles. The van der Waals surface area contributed by atoms with E-state index in [4.69, 9.17) is 5.73 Å². The third-order valence-electron chi connectivity index (χ3n) is 2.74. The first kappa shape index (κ1) is 10.5. The smallest absolute Gasteiger partial charge is 0.222 e. The number of carbonyl (C=O) groups is 1. The van der Waals surface area contributed by atoms with Crippen molar-refractivity contribution >= 4 is 5.91 Å². The lowest BCUT2D eigenvalue weighted by molar-refractivity contribution is -0.124. The van der Waals surface area contributed by atoms with Crippen molar-refractivity contribution in [3.8, 4) is 0 Å². The number of amides is 1. The lowest BCUT2D eigenvalue weighted by atomic mass is 9.99. The summed E-state index contributed by atoms with van der Waals surface area (Å²) in [4.78, 5) is 11.3. The fourth-order valence-electron chi connectivity index (χ4n) is 1.72. The molecule has 1 saturated carbocycles. The summed E-state index contributed by atoms with van der Waals surface area (Å²) in [6.45, 7) is 4.43. The van der Waals surface area contributed by atoms with E-state index in [2.05, 4.69) is 5.32 Å². The second-order valence-corrected chi connectivity index (χ2v) is 4.44. The Balaban J connectivity index is 2.29. The fraction of sp³-hybridized carbons (Fsp3) is 0.900. The zero-order valence-corrected chi connectivity index (χ0v) is 8.60. The van der Waals surface area contributed by atoms with Gasteiger partial charge in [0.1, 0.15) is 0 Å². The lowest BCUT2D eigenvalue weighted by Crippen LogP contribution is -2.48. The molecule has 0 aromatic carbocycles. The third kappa shape index (κ3) is 2.99. The Hall–Kier alpha value is -0.570. The summed E-state index contributed by atoms with van der Waals surface area (Å²) in [6, 6.07) is 0. The summed E-state index contributed by atoms with van der Waals surface area (Å²) in [5.74, 6) is 0.168. The first-order valence-electron chi connectivity index (χ1n) is 5.10. The van der Waals surface area contributed by atoms with Gasteiger partial charge < -0.3 is 11.1 Å². The lowest BCUT2D eigenvalue weighted by Gasteiger charge is -2.24. The Morgan fingerprint density at radius 1 is 1.46 bits per heavy atom. The van der Waals surface area contributed by atoms with E-state index in [1.165, 1.54) is 12.8 Å². The standard InChI is InChI=1S/C10H20N2O/c1-8(2)9(13)12-7-10(11)5-3-4-6-10/h8H,3-7,11H2,1-2H3,(H,12,13). The van der Waals surface area contributed by atoms with Gasteiger partial charge >= 0.3 is 0 Å². The Labute approximate surface area is 80.1 Å². The van der Waals surface area contributed by atoms with Crippen molar-refractivity contribution in [1.82, 2.24) is 5.32 Å². The predicted octanol–water partition coefficient (Wildman–Crippen LogP) is 1.03. The number of hydrogen-bond donors (Lipinski definition) is 2. The van der Waals surface area contributed by atoms with Crippen LogP contribution in [-0.2, 0) is 4.79 Å². The van der Waals surface area contributed by atoms with Crippen molar-refractivity contribution < 1.29 is 4.79 Å². The molecule has 0 aliphatic heterocycles. The molecule has 0 bridgehead atoms. The summed E-state index contributed by atoms with van der Waals surface area (Å²) in [6.07, 6.45) is 4.50. The molecule has 3 heteroatoms. The van der Waals surface area contributed by atoms with Crippen LogP contribution in [0.5, 0.6) is 0 Å². The molecule has 3 nitrogen and oxygen atoms in total. The van der Waals surface area contributed by atoms with Crippen LogP contribution >= 0.6 is 0 Å². The maximum Gasteiger partial charge on any atom is 0.222 e. The summed E-state index contributed by atoms with van der Waals surface area (Å²) in [5.41, 5.74) is 5.97. The molecule has 0 heterocycles. The normalized spacial score (nSPS) is 20.6. The number of nitrogens with one attached hydrogen (secondary N) is 1. The van der Waals surface area contributed by atoms with Crippen molar-refractivity contribution in [2.75, 3.05) is 6.54 Å². The molecular formula is C10H20N2O. The maximum absolute atomic E-state index is 11.3. The number of hydrogen-bond acceptors (Lipinski definition) is 2. The van der Waals surface area contributed by atoms with E-state index in [1.54, 1.807) is 0 Å². The Morgan fingerprint density at radius 3 is 2.46 bits per heavy atom. The third-order valence-corrected chi connectivity index (χ3v) is 2.74. The van der Waals surface area contributed by atoms with E-state index in [9.17, 15) is 4.79 Å². The van der Waals surface area contributed by atoms with Crippen molar-refractivity contribution in [2.45, 2.75) is 45.1 Å². The van der Waals surface area contributed by atoms with Crippen LogP contribution < -0.4 is 11.1 Å². The van der Waals surface area contributed by atoms with Crippen molar-refractivity contribution in [1.29, 1.82) is 0 Å². The van der Waals surface area contributed by atoms with Crippen LogP contribution in [0.25, 0.3) is 0 Å². The highest BCUT2D eigenvalue weighted by Crippen LogP contribution is 2.26. The van der Waals surface area contributed by atoms with E-state index >= 15 is 0 Å². The average Bonchev–Trinajstić information content (AvgIpc) is 2.48. The fourth-order valence-corrected chi connectivity index (χ4v) is 1.72. The summed E-state index contributed by atoms with van der Waals surface area (Å²) < 4.78 is 0. The maximum atomic E-state index is 11.3. The predicted molar refractivity (Wildman–Crippen MR) is 53.2 cm³/mol. The summed E-state index contributed by atoms with van der Waals surface area (Å²) >= 11 is 0. The van der Waals surface area contributed by atoms with Gasteiger partial charge in [-0.15, -0.1) is 0 Å². The van der Waals surface area contributed by atoms with Crippen LogP contribution in [0, 0.1) is 5.92 Å². The van der Waals surface area contributed by atoms with Gasteiger partial charge in [-0.2, -0.15) is 0 Å². The van der Waals surface area contributed by atoms with Gasteiger partial charge in [0.25, 0.3) is 0 Å². The monoisotopic (exact) mass is 184 g/mol. The first-order valence-corrected chi connectivity index (χ1v) is 5.10. The van der Waals surface area contributed by atoms with Crippen LogP contribution in [0.3, 0.4) is 0 Å². The van der Waals surface area contributed by atoms with E-state index in [0.717, 1.165) is 12.8 Å². The van der Waals surface area contributed by atoms with Gasteiger partial charge in [-0.05, 0) is 12.8 Å². The van der Waals surface area contributed by atoms with Crippen molar-refractivity contribution in [3.05, 3.63) is 0 Å². The second kappa shape index (κ2) is 4.09. The SMILES string of the molecule is CC(C)C(=O)NCC1(N)CCCC1. The van der Waals surface area contributed by atoms with Gasteiger partial charge in [-0.3, -0.25) is 4.79 Å². The molecule has 0 atom stereocenters. The molecule has 0 radical (unpaired) electrons. The van der Waals surface area contributed by atoms with Gasteiger partial charge in [0, 0.05) is 18.0 Å². The molecule has 76 valence electrons. The molecule has 1 fully saturated rings. The molecule has 13 heavy (non-hydrogen) atoms. The van der Waals surface area contributed by atoms with Crippen LogP contribution in [-0.4, -0.2) is 18.0 Å². The molecule has 0 unspecified atom stereocenters. The first-order chi connectivity index (χ1) is 6.03. The number of nitrogens with two attached hydrogens (primary N) is 1. The minimum atomic E-state index is -0.120. The molecule has 1 aliphatic rings. The molecule has 3 N–H and O–H groups in total. The van der Waals surface area contributed by atoms with Crippen LogP contribution in [0.15, 0.2) is 0 Å². The Morgan fingerprint density at radius 2 is 2.00 bits per heavy atom. The molecule has 1 aliphatic carbocycles. The molecule has 1 amide bonds. The van der Waals surface area contributed by atoms with Crippen LogP contribution in [0.4, 0.5) is 0 Å². The van der Waals surface area contributed by atoms with Gasteiger partial charge in [-0.25, -0.2) is 0 Å². The largest absolute Gasteiger partial charge is 0.354 e. The topological polar surface area (TPSA) is 55.1 Å². The summed E-state index contributed by atoms with van der Waals surface area (Å²) in [5, 5.41) is 2.90. The quantitative estimate of drug-likeness (QED) is 0.688. The number of carbonyl (C=O) groups excluding carboxylic acids is 1. The van der Waals surface area contributed by atoms with Crippen LogP contribution in [0.2, 0.25) is 0 Å². The van der Waals surface area contributed by atoms with E-state index in [0.29, 0.717) is 6.54 Å². The van der Waals surface area contributed by atoms with Crippen molar-refractivity contribution in [3.63, 3.8) is 0 Å². The second-order valence-electron chi connectivity index (χ2n) is 4.44. The molecule has 0 aromatic rings. The zero-order chi connectivity index (χ0) is 9.90. The van der Waals surface area contributed by atoms with E-state index < -0.39 is 0 Å². The Bertz CT molecular complexity index is 183. The average molecular weight is 184 g/mol. The minimum absolute atomic E-state index is 0.0602. The minimum Gasteiger partial charge on any atom is -0.354 e. The van der Waals surface area contributed by atoms with Gasteiger partial charge in [0.2, 0.25) is 5.91 Å². The molecular weight excluding hydrogens is 164 g/mol. The van der Waals surface area contributed by atoms with Crippen LogP contribution in [0.1, 0.15) is 39.5 Å². The molecule has 0 aromatic heterocycles. The highest BCUT2D eigenvalue weighted by atomic mass is 16.1. The highest BCUT2D eigenvalue weighted by molar-refractivity contribution is 5.77. The number of rotatable bonds is 3. The van der Waals surface area contributed by atoms with E-state index in [-0.39, 0.29) is 17.4 Å². The molecule has 0 spiro atoms. The zero-order valence-electron chi connectivity index (χ0n) is 8.60. The van der Waals surface area contributed by atoms with Crippen molar-refractivity contribution in [2.24, 2.45) is 11.7 Å².